The summed E-state index contributed by atoms with van der Waals surface area (Å²) >= 11 is 0. The minimum absolute atomic E-state index is 0.0555. The number of nitrogens with one attached hydrogen (secondary N) is 1. The van der Waals surface area contributed by atoms with Crippen molar-refractivity contribution in [2.45, 2.75) is 30.4 Å². The highest BCUT2D eigenvalue weighted by molar-refractivity contribution is 7.89. The molecule has 0 bridgehead atoms. The first-order valence-electron chi connectivity index (χ1n) is 9.43. The number of benzene rings is 2. The smallest absolute Gasteiger partial charge is 0.338 e. The Morgan fingerprint density at radius 3 is 2.60 bits per heavy atom. The van der Waals surface area contributed by atoms with Crippen LogP contribution in [0.2, 0.25) is 0 Å². The number of carbonyl (C=O) groups excluding carboxylic acids is 1. The van der Waals surface area contributed by atoms with Crippen molar-refractivity contribution >= 4 is 16.0 Å². The highest BCUT2D eigenvalue weighted by atomic mass is 32.2. The molecule has 4 rings (SSSR count). The van der Waals surface area contributed by atoms with Gasteiger partial charge in [0.1, 0.15) is 17.3 Å². The van der Waals surface area contributed by atoms with Gasteiger partial charge in [-0.05, 0) is 54.8 Å². The van der Waals surface area contributed by atoms with Crippen molar-refractivity contribution < 1.29 is 22.7 Å². The standard InChI is InChI=1S/C21H21N3O5S/c1-28-19-10-5-16(13-20(19)30(26,27)23-17-6-7-17)21(25)29-14-15-3-8-18(9-4-15)24-12-2-11-22-24/h2-5,8-13,17,23H,6-7,14H2,1H3. The van der Waals surface area contributed by atoms with E-state index in [0.717, 1.165) is 24.1 Å². The second kappa shape index (κ2) is 8.29. The lowest BCUT2D eigenvalue weighted by Crippen LogP contribution is -2.26. The molecule has 1 aliphatic rings. The zero-order chi connectivity index (χ0) is 21.1. The highest BCUT2D eigenvalue weighted by Crippen LogP contribution is 2.28. The lowest BCUT2D eigenvalue weighted by molar-refractivity contribution is 0.0472. The Morgan fingerprint density at radius 1 is 1.20 bits per heavy atom. The average Bonchev–Trinajstić information content (AvgIpc) is 3.38. The van der Waals surface area contributed by atoms with Crippen molar-refractivity contribution in [2.75, 3.05) is 7.11 Å². The van der Waals surface area contributed by atoms with Crippen molar-refractivity contribution in [1.29, 1.82) is 0 Å². The number of esters is 1. The molecular weight excluding hydrogens is 406 g/mol. The molecular formula is C21H21N3O5S. The van der Waals surface area contributed by atoms with Crippen LogP contribution in [0, 0.1) is 0 Å². The van der Waals surface area contributed by atoms with E-state index in [0.29, 0.717) is 0 Å². The van der Waals surface area contributed by atoms with Crippen molar-refractivity contribution in [2.24, 2.45) is 0 Å². The minimum Gasteiger partial charge on any atom is -0.495 e. The first-order chi connectivity index (χ1) is 14.5. The van der Waals surface area contributed by atoms with Gasteiger partial charge in [0, 0.05) is 18.4 Å². The molecule has 1 N–H and O–H groups in total. The molecule has 1 fully saturated rings. The van der Waals surface area contributed by atoms with Gasteiger partial charge in [0.15, 0.2) is 0 Å². The van der Waals surface area contributed by atoms with Gasteiger partial charge in [-0.2, -0.15) is 5.10 Å². The molecule has 0 atom stereocenters. The van der Waals surface area contributed by atoms with Crippen molar-refractivity contribution in [3.8, 4) is 11.4 Å². The van der Waals surface area contributed by atoms with E-state index in [1.807, 2.05) is 36.5 Å². The molecule has 156 valence electrons. The summed E-state index contributed by atoms with van der Waals surface area (Å²) < 4.78 is 40.0. The Hall–Kier alpha value is -3.17. The number of hydrogen-bond acceptors (Lipinski definition) is 6. The number of ether oxygens (including phenoxy) is 2. The van der Waals surface area contributed by atoms with Crippen LogP contribution >= 0.6 is 0 Å². The van der Waals surface area contributed by atoms with Crippen LogP contribution in [-0.4, -0.2) is 37.3 Å². The summed E-state index contributed by atoms with van der Waals surface area (Å²) in [5.74, 6) is -0.439. The van der Waals surface area contributed by atoms with Gasteiger partial charge in [0.2, 0.25) is 10.0 Å². The largest absolute Gasteiger partial charge is 0.495 e. The first-order valence-corrected chi connectivity index (χ1v) is 10.9. The molecule has 1 aliphatic carbocycles. The van der Waals surface area contributed by atoms with Crippen LogP contribution in [0.25, 0.3) is 5.69 Å². The van der Waals surface area contributed by atoms with Gasteiger partial charge >= 0.3 is 5.97 Å². The van der Waals surface area contributed by atoms with Crippen molar-refractivity contribution in [3.63, 3.8) is 0 Å². The maximum atomic E-state index is 12.6. The highest BCUT2D eigenvalue weighted by Gasteiger charge is 2.30. The quantitative estimate of drug-likeness (QED) is 0.555. The molecule has 0 radical (unpaired) electrons. The third-order valence-electron chi connectivity index (χ3n) is 4.66. The lowest BCUT2D eigenvalue weighted by atomic mass is 10.2. The molecule has 1 saturated carbocycles. The molecule has 1 heterocycles. The Bertz CT molecular complexity index is 1140. The maximum Gasteiger partial charge on any atom is 0.338 e. The van der Waals surface area contributed by atoms with Crippen LogP contribution in [-0.2, 0) is 21.4 Å². The molecule has 9 heteroatoms. The molecule has 0 saturated heterocycles. The Morgan fingerprint density at radius 2 is 1.97 bits per heavy atom. The third kappa shape index (κ3) is 4.52. The van der Waals surface area contributed by atoms with E-state index >= 15 is 0 Å². The summed E-state index contributed by atoms with van der Waals surface area (Å²) in [7, 11) is -2.39. The molecule has 2 aromatic carbocycles. The lowest BCUT2D eigenvalue weighted by Gasteiger charge is -2.12. The van der Waals surface area contributed by atoms with E-state index in [2.05, 4.69) is 9.82 Å². The molecule has 0 amide bonds. The fourth-order valence-corrected chi connectivity index (χ4v) is 4.40. The minimum atomic E-state index is -3.78. The number of sulfonamides is 1. The van der Waals surface area contributed by atoms with E-state index in [1.165, 1.54) is 25.3 Å². The Kier molecular flexibility index (Phi) is 5.56. The molecule has 1 aromatic heterocycles. The monoisotopic (exact) mass is 427 g/mol. The summed E-state index contributed by atoms with van der Waals surface area (Å²) in [6, 6.07) is 13.4. The van der Waals surface area contributed by atoms with Crippen LogP contribution < -0.4 is 9.46 Å². The van der Waals surface area contributed by atoms with Crippen LogP contribution in [0.1, 0.15) is 28.8 Å². The van der Waals surface area contributed by atoms with Gasteiger partial charge in [0.05, 0.1) is 18.4 Å². The second-order valence-corrected chi connectivity index (χ2v) is 8.64. The first kappa shape index (κ1) is 20.1. The molecule has 30 heavy (non-hydrogen) atoms. The predicted molar refractivity (Wildman–Crippen MR) is 109 cm³/mol. The summed E-state index contributed by atoms with van der Waals surface area (Å²) in [6.07, 6.45) is 5.15. The zero-order valence-corrected chi connectivity index (χ0v) is 17.1. The van der Waals surface area contributed by atoms with Gasteiger partial charge in [-0.25, -0.2) is 22.6 Å². The Balaban J connectivity index is 1.46. The zero-order valence-electron chi connectivity index (χ0n) is 16.3. The maximum absolute atomic E-state index is 12.6. The number of nitrogens with zero attached hydrogens (tertiary/aromatic N) is 2. The third-order valence-corrected chi connectivity index (χ3v) is 6.20. The summed E-state index contributed by atoms with van der Waals surface area (Å²) in [4.78, 5) is 12.4. The number of methoxy groups -OCH3 is 1. The van der Waals surface area contributed by atoms with E-state index in [1.54, 1.807) is 10.9 Å². The normalized spacial score (nSPS) is 13.8. The summed E-state index contributed by atoms with van der Waals surface area (Å²) in [6.45, 7) is 0.0622. The molecule has 0 aliphatic heterocycles. The molecule has 8 nitrogen and oxygen atoms in total. The molecule has 3 aromatic rings. The fourth-order valence-electron chi connectivity index (χ4n) is 2.90. The summed E-state index contributed by atoms with van der Waals surface area (Å²) in [5, 5.41) is 4.16. The van der Waals surface area contributed by atoms with Crippen LogP contribution in [0.3, 0.4) is 0 Å². The summed E-state index contributed by atoms with van der Waals surface area (Å²) in [5.41, 5.74) is 1.83. The SMILES string of the molecule is COc1ccc(C(=O)OCc2ccc(-n3cccn3)cc2)cc1S(=O)(=O)NC1CC1. The van der Waals surface area contributed by atoms with Crippen LogP contribution in [0.5, 0.6) is 5.75 Å². The number of hydrogen-bond donors (Lipinski definition) is 1. The average molecular weight is 427 g/mol. The number of rotatable bonds is 8. The van der Waals surface area contributed by atoms with Gasteiger partial charge in [0.25, 0.3) is 0 Å². The fraction of sp³-hybridized carbons (Fsp3) is 0.238. The Labute approximate surface area is 174 Å². The van der Waals surface area contributed by atoms with Crippen molar-refractivity contribution in [1.82, 2.24) is 14.5 Å². The van der Waals surface area contributed by atoms with Gasteiger partial charge < -0.3 is 9.47 Å². The van der Waals surface area contributed by atoms with Gasteiger partial charge in [-0.3, -0.25) is 0 Å². The van der Waals surface area contributed by atoms with Crippen molar-refractivity contribution in [3.05, 3.63) is 72.1 Å². The van der Waals surface area contributed by atoms with Gasteiger partial charge in [-0.1, -0.05) is 12.1 Å². The van der Waals surface area contributed by atoms with E-state index in [-0.39, 0.29) is 28.9 Å². The van der Waals surface area contributed by atoms with E-state index < -0.39 is 16.0 Å². The van der Waals surface area contributed by atoms with E-state index in [4.69, 9.17) is 9.47 Å². The predicted octanol–water partition coefficient (Wildman–Crippen LogP) is 2.68. The topological polar surface area (TPSA) is 99.5 Å². The van der Waals surface area contributed by atoms with Crippen LogP contribution in [0.15, 0.2) is 65.8 Å². The second-order valence-electron chi connectivity index (χ2n) is 6.95. The number of carbonyl (C=O) groups is 1. The molecule has 0 spiro atoms. The molecule has 0 unspecified atom stereocenters. The number of aromatic nitrogens is 2. The van der Waals surface area contributed by atoms with E-state index in [9.17, 15) is 13.2 Å². The van der Waals surface area contributed by atoms with Crippen LogP contribution in [0.4, 0.5) is 0 Å². The van der Waals surface area contributed by atoms with Gasteiger partial charge in [-0.15, -0.1) is 0 Å².